The number of aromatic amines is 1. The molecule has 1 aliphatic heterocycles. The van der Waals surface area contributed by atoms with Gasteiger partial charge in [-0.05, 0) is 24.6 Å². The number of nitrogens with one attached hydrogen (secondary N) is 2. The predicted octanol–water partition coefficient (Wildman–Crippen LogP) is 4.10. The second kappa shape index (κ2) is 7.44. The summed E-state index contributed by atoms with van der Waals surface area (Å²) in [6, 6.07) is 13.2. The van der Waals surface area contributed by atoms with Crippen LogP contribution in [-0.2, 0) is 0 Å². The Morgan fingerprint density at radius 3 is 2.63 bits per heavy atom. The Morgan fingerprint density at radius 1 is 1.19 bits per heavy atom. The van der Waals surface area contributed by atoms with Gasteiger partial charge in [0.15, 0.2) is 11.5 Å². The van der Waals surface area contributed by atoms with Crippen LogP contribution < -0.4 is 14.8 Å². The Kier molecular flexibility index (Phi) is 4.85. The lowest BCUT2D eigenvalue weighted by Crippen LogP contribution is -2.27. The Hall–Kier alpha value is -2.80. The lowest BCUT2D eigenvalue weighted by molar-refractivity contribution is 0.0940. The van der Waals surface area contributed by atoms with Crippen LogP contribution in [0.15, 0.2) is 53.1 Å². The summed E-state index contributed by atoms with van der Waals surface area (Å²) in [5, 5.41) is 9.99. The fourth-order valence-electron chi connectivity index (χ4n) is 3.05. The SMILES string of the molecule is CC(NC(=O)c1cn[nH]c1-c1ccccc1)c1cc2c(cc1Br)OCCO2. The maximum atomic E-state index is 12.8. The van der Waals surface area contributed by atoms with Crippen molar-refractivity contribution in [3.8, 4) is 22.8 Å². The van der Waals surface area contributed by atoms with E-state index in [0.29, 0.717) is 36.0 Å². The van der Waals surface area contributed by atoms with Gasteiger partial charge < -0.3 is 14.8 Å². The van der Waals surface area contributed by atoms with Crippen LogP contribution >= 0.6 is 15.9 Å². The molecule has 0 saturated heterocycles. The molecule has 7 heteroatoms. The fraction of sp³-hybridized carbons (Fsp3) is 0.200. The molecule has 0 spiro atoms. The van der Waals surface area contributed by atoms with E-state index in [1.807, 2.05) is 49.4 Å². The molecule has 2 N–H and O–H groups in total. The number of carbonyl (C=O) groups is 1. The Morgan fingerprint density at radius 2 is 1.89 bits per heavy atom. The second-order valence-electron chi connectivity index (χ2n) is 6.24. The van der Waals surface area contributed by atoms with E-state index < -0.39 is 0 Å². The van der Waals surface area contributed by atoms with Gasteiger partial charge in [-0.15, -0.1) is 0 Å². The average molecular weight is 428 g/mol. The van der Waals surface area contributed by atoms with E-state index in [4.69, 9.17) is 9.47 Å². The molecule has 138 valence electrons. The number of hydrogen-bond acceptors (Lipinski definition) is 4. The first-order chi connectivity index (χ1) is 13.1. The number of aromatic nitrogens is 2. The van der Waals surface area contributed by atoms with Gasteiger partial charge in [0.05, 0.1) is 23.5 Å². The maximum Gasteiger partial charge on any atom is 0.255 e. The molecule has 6 nitrogen and oxygen atoms in total. The zero-order valence-corrected chi connectivity index (χ0v) is 16.2. The van der Waals surface area contributed by atoms with Crippen LogP contribution in [0.1, 0.15) is 28.9 Å². The van der Waals surface area contributed by atoms with Crippen molar-refractivity contribution >= 4 is 21.8 Å². The van der Waals surface area contributed by atoms with Crippen LogP contribution in [0.2, 0.25) is 0 Å². The highest BCUT2D eigenvalue weighted by Gasteiger charge is 2.21. The second-order valence-corrected chi connectivity index (χ2v) is 7.09. The number of hydrogen-bond donors (Lipinski definition) is 2. The minimum absolute atomic E-state index is 0.197. The van der Waals surface area contributed by atoms with Gasteiger partial charge in [0.25, 0.3) is 5.91 Å². The van der Waals surface area contributed by atoms with Crippen molar-refractivity contribution in [1.29, 1.82) is 0 Å². The summed E-state index contributed by atoms with van der Waals surface area (Å²) in [7, 11) is 0. The topological polar surface area (TPSA) is 76.2 Å². The number of rotatable bonds is 4. The van der Waals surface area contributed by atoms with Crippen molar-refractivity contribution in [2.75, 3.05) is 13.2 Å². The lowest BCUT2D eigenvalue weighted by atomic mass is 10.1. The minimum atomic E-state index is -0.235. The van der Waals surface area contributed by atoms with Gasteiger partial charge in [-0.2, -0.15) is 5.10 Å². The van der Waals surface area contributed by atoms with Crippen LogP contribution in [-0.4, -0.2) is 29.3 Å². The summed E-state index contributed by atoms with van der Waals surface area (Å²) >= 11 is 3.56. The van der Waals surface area contributed by atoms with Crippen molar-refractivity contribution in [2.45, 2.75) is 13.0 Å². The number of H-pyrrole nitrogens is 1. The fourth-order valence-corrected chi connectivity index (χ4v) is 3.71. The molecule has 3 aromatic rings. The first-order valence-electron chi connectivity index (χ1n) is 8.62. The average Bonchev–Trinajstić information content (AvgIpc) is 3.18. The molecule has 0 saturated carbocycles. The third-order valence-electron chi connectivity index (χ3n) is 4.42. The molecule has 4 rings (SSSR count). The largest absolute Gasteiger partial charge is 0.486 e. The molecule has 27 heavy (non-hydrogen) atoms. The maximum absolute atomic E-state index is 12.8. The molecular formula is C20H18BrN3O3. The molecule has 2 heterocycles. The van der Waals surface area contributed by atoms with Crippen LogP contribution in [0, 0.1) is 0 Å². The summed E-state index contributed by atoms with van der Waals surface area (Å²) < 4.78 is 12.1. The molecule has 0 fully saturated rings. The minimum Gasteiger partial charge on any atom is -0.486 e. The summed E-state index contributed by atoms with van der Waals surface area (Å²) in [6.07, 6.45) is 1.54. The number of benzene rings is 2. The van der Waals surface area contributed by atoms with Crippen molar-refractivity contribution in [2.24, 2.45) is 0 Å². The third kappa shape index (κ3) is 3.55. The molecule has 1 unspecified atom stereocenters. The van der Waals surface area contributed by atoms with Gasteiger partial charge in [-0.25, -0.2) is 0 Å². The molecule has 1 aliphatic rings. The van der Waals surface area contributed by atoms with Gasteiger partial charge in [0.1, 0.15) is 13.2 Å². The van der Waals surface area contributed by atoms with E-state index in [9.17, 15) is 4.79 Å². The highest BCUT2D eigenvalue weighted by atomic mass is 79.9. The third-order valence-corrected chi connectivity index (χ3v) is 5.11. The van der Waals surface area contributed by atoms with E-state index in [1.165, 1.54) is 0 Å². The number of ether oxygens (including phenoxy) is 2. The van der Waals surface area contributed by atoms with Crippen molar-refractivity contribution < 1.29 is 14.3 Å². The summed E-state index contributed by atoms with van der Waals surface area (Å²) in [4.78, 5) is 12.8. The summed E-state index contributed by atoms with van der Waals surface area (Å²) in [5.74, 6) is 1.20. The lowest BCUT2D eigenvalue weighted by Gasteiger charge is -2.22. The van der Waals surface area contributed by atoms with Gasteiger partial charge in [-0.3, -0.25) is 9.89 Å². The first-order valence-corrected chi connectivity index (χ1v) is 9.41. The van der Waals surface area contributed by atoms with Crippen molar-refractivity contribution in [1.82, 2.24) is 15.5 Å². The van der Waals surface area contributed by atoms with E-state index in [0.717, 1.165) is 15.6 Å². The normalized spacial score (nSPS) is 13.9. The zero-order valence-electron chi connectivity index (χ0n) is 14.7. The highest BCUT2D eigenvalue weighted by Crippen LogP contribution is 2.38. The molecule has 1 atom stereocenters. The van der Waals surface area contributed by atoms with E-state index in [-0.39, 0.29) is 11.9 Å². The standard InChI is InChI=1S/C20H18BrN3O3/c1-12(14-9-17-18(10-16(14)21)27-8-7-26-17)23-20(25)15-11-22-24-19(15)13-5-3-2-4-6-13/h2-6,9-12H,7-8H2,1H3,(H,22,24)(H,23,25). The smallest absolute Gasteiger partial charge is 0.255 e. The first kappa shape index (κ1) is 17.6. The number of amides is 1. The molecule has 1 aromatic heterocycles. The van der Waals surface area contributed by atoms with Gasteiger partial charge in [0, 0.05) is 10.0 Å². The van der Waals surface area contributed by atoms with Crippen LogP contribution in [0.4, 0.5) is 0 Å². The Balaban J connectivity index is 1.57. The molecule has 1 amide bonds. The molecule has 0 radical (unpaired) electrons. The van der Waals surface area contributed by atoms with Gasteiger partial charge in [0.2, 0.25) is 0 Å². The number of fused-ring (bicyclic) bond motifs is 1. The Bertz CT molecular complexity index is 972. The molecule has 0 bridgehead atoms. The number of nitrogens with zero attached hydrogens (tertiary/aromatic N) is 1. The van der Waals surface area contributed by atoms with Crippen molar-refractivity contribution in [3.05, 3.63) is 64.3 Å². The van der Waals surface area contributed by atoms with E-state index in [1.54, 1.807) is 6.20 Å². The number of carbonyl (C=O) groups excluding carboxylic acids is 1. The summed E-state index contributed by atoms with van der Waals surface area (Å²) in [5.41, 5.74) is 3.02. The van der Waals surface area contributed by atoms with Crippen LogP contribution in [0.3, 0.4) is 0 Å². The van der Waals surface area contributed by atoms with Gasteiger partial charge >= 0.3 is 0 Å². The predicted molar refractivity (Wildman–Crippen MR) is 105 cm³/mol. The quantitative estimate of drug-likeness (QED) is 0.656. The Labute approximate surface area is 165 Å². The van der Waals surface area contributed by atoms with Gasteiger partial charge in [-0.1, -0.05) is 46.3 Å². The molecule has 2 aromatic carbocycles. The molecular weight excluding hydrogens is 410 g/mol. The van der Waals surface area contributed by atoms with Crippen LogP contribution in [0.25, 0.3) is 11.3 Å². The number of halogens is 1. The monoisotopic (exact) mass is 427 g/mol. The van der Waals surface area contributed by atoms with E-state index in [2.05, 4.69) is 31.4 Å². The van der Waals surface area contributed by atoms with Crippen molar-refractivity contribution in [3.63, 3.8) is 0 Å². The highest BCUT2D eigenvalue weighted by molar-refractivity contribution is 9.10. The van der Waals surface area contributed by atoms with E-state index >= 15 is 0 Å². The summed E-state index contributed by atoms with van der Waals surface area (Å²) in [6.45, 7) is 2.98. The zero-order chi connectivity index (χ0) is 18.8. The van der Waals surface area contributed by atoms with Crippen LogP contribution in [0.5, 0.6) is 11.5 Å². The molecule has 0 aliphatic carbocycles.